The van der Waals surface area contributed by atoms with Gasteiger partial charge in [0.2, 0.25) is 0 Å². The number of hydrogen-bond acceptors (Lipinski definition) is 3. The molecule has 0 spiro atoms. The van der Waals surface area contributed by atoms with E-state index in [9.17, 15) is 4.79 Å². The van der Waals surface area contributed by atoms with Crippen LogP contribution in [0.1, 0.15) is 17.5 Å². The van der Waals surface area contributed by atoms with Crippen LogP contribution >= 0.6 is 11.8 Å². The van der Waals surface area contributed by atoms with Crippen molar-refractivity contribution >= 4 is 34.5 Å². The van der Waals surface area contributed by atoms with Crippen LogP contribution in [0.15, 0.2) is 65.6 Å². The lowest BCUT2D eigenvalue weighted by atomic mass is 9.93. The Hall–Kier alpha value is -2.77. The smallest absolute Gasteiger partial charge is 0.256 e. The largest absolute Gasteiger partial charge is 0.321 e. The van der Waals surface area contributed by atoms with Gasteiger partial charge in [-0.3, -0.25) is 4.79 Å². The molecule has 1 N–H and O–H groups in total. The first-order valence-corrected chi connectivity index (χ1v) is 8.79. The minimum atomic E-state index is -0.0903. The highest BCUT2D eigenvalue weighted by atomic mass is 32.2. The van der Waals surface area contributed by atoms with Crippen LogP contribution in [0, 0.1) is 11.3 Å². The van der Waals surface area contributed by atoms with Crippen LogP contribution in [0.25, 0.3) is 11.1 Å². The predicted molar refractivity (Wildman–Crippen MR) is 100 cm³/mol. The molecule has 1 amide bonds. The summed E-state index contributed by atoms with van der Waals surface area (Å²) in [4.78, 5) is 13.5. The molecule has 0 unspecified atom stereocenters. The van der Waals surface area contributed by atoms with Crippen LogP contribution in [0.3, 0.4) is 0 Å². The van der Waals surface area contributed by atoms with E-state index >= 15 is 0 Å². The maximum atomic E-state index is 12.6. The molecule has 2 aromatic carbocycles. The number of para-hydroxylation sites is 1. The molecule has 0 aromatic heterocycles. The number of fused-ring (bicyclic) bond motifs is 1. The first-order valence-electron chi connectivity index (χ1n) is 7.56. The van der Waals surface area contributed by atoms with E-state index in [4.69, 9.17) is 5.26 Å². The summed E-state index contributed by atoms with van der Waals surface area (Å²) in [5.74, 6) is -0.0903. The lowest BCUT2D eigenvalue weighted by Crippen LogP contribution is -2.06. The van der Waals surface area contributed by atoms with Gasteiger partial charge in [0.25, 0.3) is 5.91 Å². The highest BCUT2D eigenvalue weighted by Crippen LogP contribution is 2.40. The van der Waals surface area contributed by atoms with Gasteiger partial charge in [-0.15, -0.1) is 11.8 Å². The second kappa shape index (κ2) is 7.20. The van der Waals surface area contributed by atoms with Crippen molar-refractivity contribution in [3.8, 4) is 6.07 Å². The fraction of sp³-hybridized carbons (Fsp3) is 0.100. The van der Waals surface area contributed by atoms with Crippen LogP contribution in [0.5, 0.6) is 0 Å². The Morgan fingerprint density at radius 1 is 1.17 bits per heavy atom. The summed E-state index contributed by atoms with van der Waals surface area (Å²) >= 11 is 1.53. The molecule has 2 aromatic rings. The van der Waals surface area contributed by atoms with Gasteiger partial charge in [0.1, 0.15) is 0 Å². The fourth-order valence-electron chi connectivity index (χ4n) is 2.82. The van der Waals surface area contributed by atoms with E-state index in [0.717, 1.165) is 27.3 Å². The number of anilines is 1. The van der Waals surface area contributed by atoms with Crippen molar-refractivity contribution in [2.45, 2.75) is 6.42 Å². The number of benzene rings is 2. The molecule has 1 heterocycles. The summed E-state index contributed by atoms with van der Waals surface area (Å²) in [5, 5.41) is 11.9. The number of allylic oxidation sites excluding steroid dienone is 3. The van der Waals surface area contributed by atoms with Crippen LogP contribution in [0.4, 0.5) is 5.69 Å². The quantitative estimate of drug-likeness (QED) is 0.651. The normalized spacial score (nSPS) is 15.5. The number of nitrogens with one attached hydrogen (secondary N) is 1. The first-order chi connectivity index (χ1) is 11.7. The van der Waals surface area contributed by atoms with Gasteiger partial charge in [0, 0.05) is 23.7 Å². The van der Waals surface area contributed by atoms with Crippen molar-refractivity contribution in [2.24, 2.45) is 0 Å². The van der Waals surface area contributed by atoms with Crippen molar-refractivity contribution in [2.75, 3.05) is 11.6 Å². The van der Waals surface area contributed by atoms with Crippen LogP contribution in [-0.4, -0.2) is 12.2 Å². The monoisotopic (exact) mass is 332 g/mol. The number of nitriles is 1. The molecule has 3 rings (SSSR count). The predicted octanol–water partition coefficient (Wildman–Crippen LogP) is 4.71. The standard InChI is InChI=1S/C20H16N2OS/c1-24-15(11-12-21)13-17(14-7-3-2-4-8-14)19-16-9-5-6-10-18(16)22-20(19)23/h2-11H,13H2,1H3,(H,22,23)/b15-11+,19-17-. The topological polar surface area (TPSA) is 52.9 Å². The second-order valence-corrected chi connectivity index (χ2v) is 6.27. The molecule has 0 bridgehead atoms. The Kier molecular flexibility index (Phi) is 4.83. The third-order valence-corrected chi connectivity index (χ3v) is 4.72. The number of carbonyl (C=O) groups excluding carboxylic acids is 1. The molecule has 118 valence electrons. The summed E-state index contributed by atoms with van der Waals surface area (Å²) in [7, 11) is 0. The Morgan fingerprint density at radius 2 is 1.88 bits per heavy atom. The molecule has 1 aliphatic rings. The van der Waals surface area contributed by atoms with E-state index in [0.29, 0.717) is 12.0 Å². The van der Waals surface area contributed by atoms with Gasteiger partial charge in [-0.25, -0.2) is 0 Å². The molecule has 3 nitrogen and oxygen atoms in total. The number of hydrogen-bond donors (Lipinski definition) is 1. The van der Waals surface area contributed by atoms with Crippen molar-refractivity contribution < 1.29 is 4.79 Å². The van der Waals surface area contributed by atoms with Gasteiger partial charge < -0.3 is 5.32 Å². The first kappa shape index (κ1) is 16.1. The minimum absolute atomic E-state index is 0.0903. The maximum absolute atomic E-state index is 12.6. The third kappa shape index (κ3) is 3.12. The van der Waals surface area contributed by atoms with Crippen molar-refractivity contribution in [3.05, 3.63) is 76.7 Å². The zero-order valence-corrected chi connectivity index (χ0v) is 14.1. The lowest BCUT2D eigenvalue weighted by molar-refractivity contribution is -0.110. The van der Waals surface area contributed by atoms with Gasteiger partial charge in [0.15, 0.2) is 0 Å². The van der Waals surface area contributed by atoms with Crippen LogP contribution in [0.2, 0.25) is 0 Å². The zero-order valence-electron chi connectivity index (χ0n) is 13.2. The highest BCUT2D eigenvalue weighted by Gasteiger charge is 2.27. The summed E-state index contributed by atoms with van der Waals surface area (Å²) < 4.78 is 0. The SMILES string of the molecule is CS/C(=C/C#N)C/C(=C1/C(=O)Nc2ccccc21)c1ccccc1. The Morgan fingerprint density at radius 3 is 2.58 bits per heavy atom. The summed E-state index contributed by atoms with van der Waals surface area (Å²) in [6.07, 6.45) is 4.04. The van der Waals surface area contributed by atoms with Gasteiger partial charge in [-0.2, -0.15) is 5.26 Å². The molecule has 0 aliphatic carbocycles. The summed E-state index contributed by atoms with van der Waals surface area (Å²) in [6.45, 7) is 0. The molecular weight excluding hydrogens is 316 g/mol. The highest BCUT2D eigenvalue weighted by molar-refractivity contribution is 8.02. The average Bonchev–Trinajstić information content (AvgIpc) is 2.95. The molecule has 0 atom stereocenters. The van der Waals surface area contributed by atoms with Crippen LogP contribution < -0.4 is 5.32 Å². The average molecular weight is 332 g/mol. The Balaban J connectivity index is 2.20. The molecule has 4 heteroatoms. The number of rotatable bonds is 4. The second-order valence-electron chi connectivity index (χ2n) is 5.34. The molecular formula is C20H16N2OS. The number of nitrogens with zero attached hydrogens (tertiary/aromatic N) is 1. The van der Waals surface area contributed by atoms with Crippen molar-refractivity contribution in [1.29, 1.82) is 5.26 Å². The van der Waals surface area contributed by atoms with E-state index in [2.05, 4.69) is 11.4 Å². The lowest BCUT2D eigenvalue weighted by Gasteiger charge is -2.13. The fourth-order valence-corrected chi connectivity index (χ4v) is 3.28. The van der Waals surface area contributed by atoms with E-state index < -0.39 is 0 Å². The van der Waals surface area contributed by atoms with E-state index in [-0.39, 0.29) is 5.91 Å². The number of amides is 1. The Labute approximate surface area is 145 Å². The number of thioether (sulfide) groups is 1. The number of carbonyl (C=O) groups is 1. The van der Waals surface area contributed by atoms with Crippen LogP contribution in [-0.2, 0) is 4.79 Å². The summed E-state index contributed by atoms with van der Waals surface area (Å²) in [5.41, 5.74) is 4.38. The van der Waals surface area contributed by atoms with Gasteiger partial charge in [-0.05, 0) is 28.4 Å². The zero-order chi connectivity index (χ0) is 16.9. The van der Waals surface area contributed by atoms with E-state index in [1.807, 2.05) is 60.9 Å². The van der Waals surface area contributed by atoms with Crippen molar-refractivity contribution in [3.63, 3.8) is 0 Å². The molecule has 0 fully saturated rings. The minimum Gasteiger partial charge on any atom is -0.321 e. The molecule has 0 saturated heterocycles. The van der Waals surface area contributed by atoms with Gasteiger partial charge in [0.05, 0.1) is 11.6 Å². The molecule has 0 radical (unpaired) electrons. The third-order valence-electron chi connectivity index (χ3n) is 3.93. The van der Waals surface area contributed by atoms with Crippen molar-refractivity contribution in [1.82, 2.24) is 0 Å². The maximum Gasteiger partial charge on any atom is 0.256 e. The molecule has 24 heavy (non-hydrogen) atoms. The summed E-state index contributed by atoms with van der Waals surface area (Å²) in [6, 6.07) is 19.7. The van der Waals surface area contributed by atoms with E-state index in [1.165, 1.54) is 11.8 Å². The molecule has 1 aliphatic heterocycles. The van der Waals surface area contributed by atoms with Gasteiger partial charge in [-0.1, -0.05) is 48.5 Å². The van der Waals surface area contributed by atoms with E-state index in [1.54, 1.807) is 6.08 Å². The molecule has 0 saturated carbocycles. The van der Waals surface area contributed by atoms with Gasteiger partial charge >= 0.3 is 0 Å². The Bertz CT molecular complexity index is 876.